The zero-order chi connectivity index (χ0) is 49.6. The minimum absolute atomic E-state index is 0.0122. The highest BCUT2D eigenvalue weighted by atomic mass is 16.7. The number of aliphatic carboxylic acids is 1. The predicted molar refractivity (Wildman–Crippen MR) is 240 cm³/mol. The van der Waals surface area contributed by atoms with Crippen molar-refractivity contribution >= 4 is 59.9 Å². The molecule has 0 rings (SSSR count). The minimum atomic E-state index is -1.17. The second-order valence-corrected chi connectivity index (χ2v) is 15.4. The number of hydrogen-bond donors (Lipinski definition) is 4. The summed E-state index contributed by atoms with van der Waals surface area (Å²) in [7, 11) is 0. The molecule has 0 aromatic rings. The lowest BCUT2D eigenvalue weighted by atomic mass is 9.95. The molecule has 7 amide bonds. The number of carbonyl (C=O) groups excluding carboxylic acids is 8. The number of nitrogens with one attached hydrogen (secondary N) is 3. The molecule has 0 fully saturated rings. The second-order valence-electron chi connectivity index (χ2n) is 15.4. The van der Waals surface area contributed by atoms with Crippen molar-refractivity contribution in [2.45, 2.75) is 124 Å². The molecule has 0 aliphatic heterocycles. The molecule has 22 nitrogen and oxygen atoms in total. The molecule has 0 aromatic carbocycles. The van der Waals surface area contributed by atoms with Crippen molar-refractivity contribution < 1.29 is 76.8 Å². The van der Waals surface area contributed by atoms with Gasteiger partial charge in [0.25, 0.3) is 0 Å². The number of imide groups is 2. The van der Waals surface area contributed by atoms with Gasteiger partial charge < -0.3 is 44.7 Å². The van der Waals surface area contributed by atoms with Gasteiger partial charge in [-0.05, 0) is 65.7 Å². The third-order valence-electron chi connectivity index (χ3n) is 9.34. The van der Waals surface area contributed by atoms with E-state index in [0.29, 0.717) is 82.9 Å². The lowest BCUT2D eigenvalue weighted by molar-refractivity contribution is -0.157. The summed E-state index contributed by atoms with van der Waals surface area (Å²) in [6, 6.07) is -1.35. The maximum atomic E-state index is 13.1. The maximum Gasteiger partial charge on any atom is 0.433 e. The quantitative estimate of drug-likeness (QED) is 0.0102. The van der Waals surface area contributed by atoms with Crippen LogP contribution in [0.5, 0.6) is 0 Å². The summed E-state index contributed by atoms with van der Waals surface area (Å²) in [5.74, 6) is -2.90. The standard InChI is InChI=1S/C44H72N6O16/c1-7-34(4)48-66-41(58)47-26-20-14-16-22-28-50(43(60)64-32-30-62-36(52)9-3)40(57)46-25-19-13-15-21-27-49(42(59)63-31-29-61-35(51)8-2)39(56)45-24-18-12-10-11-17-23-37(53)65-33-44(5,6)38(54)55/h8-9H,2-3,7,10-33H2,1,4-6H3,(H,45,56)(H,46,57)(H,47,58)(H,54,55)/b48-34+. The number of esters is 3. The Morgan fingerprint density at radius 1 is 0.591 bits per heavy atom. The number of rotatable bonds is 35. The van der Waals surface area contributed by atoms with Crippen LogP contribution in [0.1, 0.15) is 124 Å². The highest BCUT2D eigenvalue weighted by Crippen LogP contribution is 2.16. The van der Waals surface area contributed by atoms with Crippen LogP contribution >= 0.6 is 0 Å². The lowest BCUT2D eigenvalue weighted by Crippen LogP contribution is -2.45. The van der Waals surface area contributed by atoms with Gasteiger partial charge in [-0.25, -0.2) is 43.4 Å². The maximum absolute atomic E-state index is 13.1. The highest BCUT2D eigenvalue weighted by Gasteiger charge is 2.29. The van der Waals surface area contributed by atoms with Crippen LogP contribution in [0, 0.1) is 5.41 Å². The zero-order valence-corrected chi connectivity index (χ0v) is 39.2. The molecule has 0 saturated heterocycles. The van der Waals surface area contributed by atoms with Crippen LogP contribution in [0.3, 0.4) is 0 Å². The summed E-state index contributed by atoms with van der Waals surface area (Å²) >= 11 is 0. The van der Waals surface area contributed by atoms with E-state index in [-0.39, 0.29) is 65.6 Å². The van der Waals surface area contributed by atoms with Crippen LogP contribution in [-0.4, -0.2) is 141 Å². The third kappa shape index (κ3) is 30.8. The average Bonchev–Trinajstić information content (AvgIpc) is 3.29. The molecule has 0 atom stereocenters. The van der Waals surface area contributed by atoms with E-state index in [1.807, 2.05) is 6.92 Å². The summed E-state index contributed by atoms with van der Waals surface area (Å²) in [5, 5.41) is 20.9. The van der Waals surface area contributed by atoms with E-state index in [1.165, 1.54) is 13.8 Å². The molecule has 22 heteroatoms. The molecule has 66 heavy (non-hydrogen) atoms. The Morgan fingerprint density at radius 2 is 1.00 bits per heavy atom. The summed E-state index contributed by atoms with van der Waals surface area (Å²) in [6.45, 7) is 12.8. The molecule has 0 spiro atoms. The van der Waals surface area contributed by atoms with Gasteiger partial charge in [0.05, 0.1) is 11.1 Å². The molecule has 0 saturated carbocycles. The molecule has 0 bridgehead atoms. The van der Waals surface area contributed by atoms with Crippen molar-refractivity contribution in [1.82, 2.24) is 25.8 Å². The molecular weight excluding hydrogens is 869 g/mol. The smallest absolute Gasteiger partial charge is 0.433 e. The molecule has 0 aromatic heterocycles. The van der Waals surface area contributed by atoms with Crippen molar-refractivity contribution in [1.29, 1.82) is 0 Å². The third-order valence-corrected chi connectivity index (χ3v) is 9.34. The first kappa shape index (κ1) is 59.8. The van der Waals surface area contributed by atoms with Crippen molar-refractivity contribution in [2.75, 3.05) is 65.8 Å². The molecule has 0 radical (unpaired) electrons. The Bertz CT molecular complexity index is 1590. The molecule has 0 aliphatic carbocycles. The number of carboxylic acid groups (broad SMARTS) is 1. The summed E-state index contributed by atoms with van der Waals surface area (Å²) < 4.78 is 25.0. The fraction of sp³-hybridized carbons (Fsp3) is 0.682. The molecule has 0 unspecified atom stereocenters. The normalized spacial score (nSPS) is 10.9. The number of carbonyl (C=O) groups is 9. The number of unbranched alkanes of at least 4 members (excludes halogenated alkanes) is 10. The van der Waals surface area contributed by atoms with E-state index in [9.17, 15) is 43.2 Å². The van der Waals surface area contributed by atoms with Crippen molar-refractivity contribution in [3.8, 4) is 0 Å². The Labute approximate surface area is 387 Å². The number of urea groups is 2. The molecule has 0 heterocycles. The zero-order valence-electron chi connectivity index (χ0n) is 39.2. The molecule has 0 aliphatic rings. The van der Waals surface area contributed by atoms with Gasteiger partial charge in [-0.2, -0.15) is 0 Å². The first-order chi connectivity index (χ1) is 31.5. The van der Waals surface area contributed by atoms with Crippen LogP contribution < -0.4 is 16.0 Å². The minimum Gasteiger partial charge on any atom is -0.481 e. The summed E-state index contributed by atoms with van der Waals surface area (Å²) in [5.41, 5.74) is -0.486. The van der Waals surface area contributed by atoms with E-state index >= 15 is 0 Å². The molecule has 4 N–H and O–H groups in total. The van der Waals surface area contributed by atoms with Crippen LogP contribution in [0.2, 0.25) is 0 Å². The number of oxime groups is 1. The van der Waals surface area contributed by atoms with Crippen LogP contribution in [-0.2, 0) is 47.7 Å². The lowest BCUT2D eigenvalue weighted by Gasteiger charge is -2.21. The molecular formula is C44H72N6O16. The summed E-state index contributed by atoms with van der Waals surface area (Å²) in [6.07, 6.45) is 8.07. The Morgan fingerprint density at radius 3 is 1.44 bits per heavy atom. The van der Waals surface area contributed by atoms with Crippen LogP contribution in [0.25, 0.3) is 0 Å². The van der Waals surface area contributed by atoms with Gasteiger partial charge in [0.15, 0.2) is 0 Å². The van der Waals surface area contributed by atoms with Gasteiger partial charge in [-0.15, -0.1) is 0 Å². The van der Waals surface area contributed by atoms with Crippen LogP contribution in [0.4, 0.5) is 24.0 Å². The first-order valence-electron chi connectivity index (χ1n) is 22.4. The second kappa shape index (κ2) is 37.0. The average molecular weight is 941 g/mol. The fourth-order valence-electron chi connectivity index (χ4n) is 5.17. The SMILES string of the molecule is C=CC(=O)OCCOC(=O)N(CCCCCCNC(=O)O/N=C(\C)CC)C(=O)NCCCCCCN(C(=O)NCCCCCCCC(=O)OCC(C)(C)C(=O)O)C(=O)OCCOC(=O)C=C. The first-order valence-corrected chi connectivity index (χ1v) is 22.4. The largest absolute Gasteiger partial charge is 0.481 e. The number of hydrogen-bond acceptors (Lipinski definition) is 16. The van der Waals surface area contributed by atoms with Crippen molar-refractivity contribution in [2.24, 2.45) is 10.6 Å². The van der Waals surface area contributed by atoms with Crippen molar-refractivity contribution in [3.63, 3.8) is 0 Å². The fourth-order valence-corrected chi connectivity index (χ4v) is 5.17. The Kier molecular flexibility index (Phi) is 33.6. The van der Waals surface area contributed by atoms with Gasteiger partial charge in [0.1, 0.15) is 33.0 Å². The number of nitrogens with zero attached hydrogens (tertiary/aromatic N) is 3. The topological polar surface area (TPSA) is 284 Å². The highest BCUT2D eigenvalue weighted by molar-refractivity contribution is 5.91. The van der Waals surface area contributed by atoms with Crippen molar-refractivity contribution in [3.05, 3.63) is 25.3 Å². The van der Waals surface area contributed by atoms with E-state index in [4.69, 9.17) is 33.6 Å². The van der Waals surface area contributed by atoms with E-state index < -0.39 is 59.6 Å². The van der Waals surface area contributed by atoms with Gasteiger partial charge in [0.2, 0.25) is 0 Å². The number of ether oxygens (including phenoxy) is 5. The predicted octanol–water partition coefficient (Wildman–Crippen LogP) is 6.37. The van der Waals surface area contributed by atoms with E-state index in [0.717, 1.165) is 41.2 Å². The number of amides is 7. The van der Waals surface area contributed by atoms with Gasteiger partial charge in [0, 0.05) is 51.3 Å². The Balaban J connectivity index is 4.94. The monoisotopic (exact) mass is 941 g/mol. The number of carboxylic acids is 1. The van der Waals surface area contributed by atoms with Gasteiger partial charge >= 0.3 is 54.2 Å². The van der Waals surface area contributed by atoms with Gasteiger partial charge in [-0.3, -0.25) is 14.4 Å². The van der Waals surface area contributed by atoms with Crippen LogP contribution in [0.15, 0.2) is 30.5 Å². The van der Waals surface area contributed by atoms with Gasteiger partial charge in [-0.1, -0.05) is 70.2 Å². The van der Waals surface area contributed by atoms with E-state index in [2.05, 4.69) is 34.3 Å². The van der Waals surface area contributed by atoms with E-state index in [1.54, 1.807) is 6.92 Å². The Hall–Kier alpha value is -6.22. The summed E-state index contributed by atoms with van der Waals surface area (Å²) in [4.78, 5) is 116. The molecule has 374 valence electrons.